The molecule has 5 rings (SSSR count). The Kier molecular flexibility index (Phi) is 7.36. The van der Waals surface area contributed by atoms with Crippen molar-refractivity contribution in [2.75, 3.05) is 36.9 Å². The van der Waals surface area contributed by atoms with Crippen LogP contribution in [0.25, 0.3) is 11.5 Å². The zero-order valence-electron chi connectivity index (χ0n) is 20.1. The number of nitrogens with zero attached hydrogens (tertiary/aromatic N) is 6. The van der Waals surface area contributed by atoms with Crippen molar-refractivity contribution in [1.29, 1.82) is 0 Å². The molecule has 10 heteroatoms. The number of aromatic nitrogens is 5. The van der Waals surface area contributed by atoms with Gasteiger partial charge in [0.25, 0.3) is 0 Å². The number of hydrogen-bond donors (Lipinski definition) is 4. The molecule has 4 heterocycles. The molecular weight excluding hydrogens is 454 g/mol. The highest BCUT2D eigenvalue weighted by atomic mass is 16.3. The van der Waals surface area contributed by atoms with E-state index < -0.39 is 0 Å². The Morgan fingerprint density at radius 2 is 1.75 bits per heavy atom. The van der Waals surface area contributed by atoms with E-state index in [2.05, 4.69) is 57.9 Å². The van der Waals surface area contributed by atoms with Crippen molar-refractivity contribution in [1.82, 2.24) is 35.1 Å². The summed E-state index contributed by atoms with van der Waals surface area (Å²) in [5, 5.41) is 19.2. The molecule has 0 radical (unpaired) electrons. The Bertz CT molecular complexity index is 1300. The summed E-state index contributed by atoms with van der Waals surface area (Å²) in [6.07, 6.45) is 3.39. The number of pyridine rings is 1. The summed E-state index contributed by atoms with van der Waals surface area (Å²) in [5.41, 5.74) is 3.75. The van der Waals surface area contributed by atoms with E-state index in [1.54, 1.807) is 24.5 Å². The van der Waals surface area contributed by atoms with Crippen LogP contribution in [0.15, 0.2) is 67.0 Å². The third-order valence-electron chi connectivity index (χ3n) is 5.86. The molecule has 4 aromatic rings. The largest absolute Gasteiger partial charge is 0.395 e. The minimum absolute atomic E-state index is 0.144. The number of aliphatic hydroxyl groups excluding tert-OH is 1. The molecule has 4 N–H and O–H groups in total. The molecule has 36 heavy (non-hydrogen) atoms. The Balaban J connectivity index is 1.22. The lowest BCUT2D eigenvalue weighted by Gasteiger charge is -2.32. The fourth-order valence-electron chi connectivity index (χ4n) is 4.08. The highest BCUT2D eigenvalue weighted by Crippen LogP contribution is 2.20. The lowest BCUT2D eigenvalue weighted by molar-refractivity contribution is 0.143. The zero-order valence-corrected chi connectivity index (χ0v) is 20.1. The van der Waals surface area contributed by atoms with E-state index in [0.717, 1.165) is 43.3 Å². The van der Waals surface area contributed by atoms with Crippen molar-refractivity contribution >= 4 is 23.3 Å². The van der Waals surface area contributed by atoms with Crippen LogP contribution in [-0.2, 0) is 6.54 Å². The fraction of sp³-hybridized carbons (Fsp3) is 0.269. The van der Waals surface area contributed by atoms with Crippen molar-refractivity contribution in [3.8, 4) is 11.5 Å². The van der Waals surface area contributed by atoms with Crippen LogP contribution in [-0.4, -0.2) is 67.2 Å². The van der Waals surface area contributed by atoms with Crippen molar-refractivity contribution in [3.63, 3.8) is 0 Å². The number of benzene rings is 1. The lowest BCUT2D eigenvalue weighted by Crippen LogP contribution is -2.51. The van der Waals surface area contributed by atoms with Crippen LogP contribution in [0.3, 0.4) is 0 Å². The molecule has 0 unspecified atom stereocenters. The second kappa shape index (κ2) is 11.2. The van der Waals surface area contributed by atoms with Gasteiger partial charge in [-0.15, -0.1) is 0 Å². The van der Waals surface area contributed by atoms with Gasteiger partial charge in [-0.05, 0) is 48.9 Å². The molecule has 1 aromatic carbocycles. The van der Waals surface area contributed by atoms with Crippen molar-refractivity contribution in [2.24, 2.45) is 0 Å². The summed E-state index contributed by atoms with van der Waals surface area (Å²) < 4.78 is 0. The van der Waals surface area contributed by atoms with Crippen molar-refractivity contribution in [2.45, 2.75) is 19.5 Å². The number of hydrogen-bond acceptors (Lipinski definition) is 10. The molecule has 0 saturated carbocycles. The number of rotatable bonds is 8. The highest BCUT2D eigenvalue weighted by Gasteiger charge is 2.18. The molecule has 0 spiro atoms. The summed E-state index contributed by atoms with van der Waals surface area (Å²) in [6, 6.07) is 17.7. The van der Waals surface area contributed by atoms with E-state index >= 15 is 0 Å². The van der Waals surface area contributed by atoms with Gasteiger partial charge in [-0.3, -0.25) is 4.90 Å². The minimum Gasteiger partial charge on any atom is -0.395 e. The minimum atomic E-state index is 0.144. The molecule has 0 bridgehead atoms. The van der Waals surface area contributed by atoms with Crippen LogP contribution in [0.1, 0.15) is 11.3 Å². The van der Waals surface area contributed by atoms with E-state index in [1.807, 2.05) is 37.3 Å². The first-order valence-corrected chi connectivity index (χ1v) is 11.9. The molecule has 1 aliphatic rings. The molecule has 10 nitrogen and oxygen atoms in total. The zero-order chi connectivity index (χ0) is 24.7. The van der Waals surface area contributed by atoms with Gasteiger partial charge in [-0.25, -0.2) is 19.9 Å². The molecule has 184 valence electrons. The summed E-state index contributed by atoms with van der Waals surface area (Å²) in [7, 11) is 0. The van der Waals surface area contributed by atoms with E-state index in [9.17, 15) is 5.11 Å². The van der Waals surface area contributed by atoms with Gasteiger partial charge in [0.2, 0.25) is 5.95 Å². The lowest BCUT2D eigenvalue weighted by atomic mass is 10.1. The van der Waals surface area contributed by atoms with E-state index in [1.165, 1.54) is 5.56 Å². The summed E-state index contributed by atoms with van der Waals surface area (Å²) in [4.78, 5) is 24.7. The van der Waals surface area contributed by atoms with Gasteiger partial charge in [0.05, 0.1) is 6.61 Å². The third kappa shape index (κ3) is 6.16. The number of nitrogens with one attached hydrogen (secondary N) is 3. The predicted octanol–water partition coefficient (Wildman–Crippen LogP) is 2.89. The standard InChI is InChI=1S/C26H29N9O/c1-18-3-2-4-22(30-18)25-28-11-9-23(33-25)32-24-10-12-29-26(34-24)31-20-7-5-19(6-8-20)15-35-14-13-27-21(16-35)17-36/h2-12,21,27,36H,13-17H2,1H3,(H2,28,29,31,32,33,34)/t21-/m1/s1. The summed E-state index contributed by atoms with van der Waals surface area (Å²) in [5.74, 6) is 2.26. The Morgan fingerprint density at radius 3 is 2.56 bits per heavy atom. The first-order chi connectivity index (χ1) is 17.6. The van der Waals surface area contributed by atoms with Crippen LogP contribution in [0.5, 0.6) is 0 Å². The van der Waals surface area contributed by atoms with Gasteiger partial charge in [-0.1, -0.05) is 18.2 Å². The third-order valence-corrected chi connectivity index (χ3v) is 5.86. The van der Waals surface area contributed by atoms with E-state index in [0.29, 0.717) is 23.4 Å². The molecule has 0 aliphatic carbocycles. The summed E-state index contributed by atoms with van der Waals surface area (Å²) >= 11 is 0. The van der Waals surface area contributed by atoms with Crippen LogP contribution < -0.4 is 16.0 Å². The molecule has 1 aliphatic heterocycles. The van der Waals surface area contributed by atoms with Gasteiger partial charge >= 0.3 is 0 Å². The Morgan fingerprint density at radius 1 is 0.944 bits per heavy atom. The van der Waals surface area contributed by atoms with Crippen molar-refractivity contribution < 1.29 is 5.11 Å². The van der Waals surface area contributed by atoms with E-state index in [-0.39, 0.29) is 12.6 Å². The van der Waals surface area contributed by atoms with Gasteiger partial charge in [0, 0.05) is 56.0 Å². The quantitative estimate of drug-likeness (QED) is 0.297. The van der Waals surface area contributed by atoms with Crippen LogP contribution >= 0.6 is 0 Å². The second-order valence-corrected chi connectivity index (χ2v) is 8.71. The van der Waals surface area contributed by atoms with Gasteiger partial charge in [-0.2, -0.15) is 4.98 Å². The Hall–Kier alpha value is -3.99. The van der Waals surface area contributed by atoms with Crippen LogP contribution in [0.2, 0.25) is 0 Å². The average molecular weight is 484 g/mol. The van der Waals surface area contributed by atoms with Crippen molar-refractivity contribution in [3.05, 3.63) is 78.2 Å². The maximum absolute atomic E-state index is 9.40. The normalized spacial score (nSPS) is 16.0. The van der Waals surface area contributed by atoms with Gasteiger partial charge in [0.1, 0.15) is 17.3 Å². The van der Waals surface area contributed by atoms with Gasteiger partial charge in [0.15, 0.2) is 5.82 Å². The van der Waals surface area contributed by atoms with Crippen LogP contribution in [0, 0.1) is 6.92 Å². The number of aryl methyl sites for hydroxylation is 1. The Labute approximate surface area is 209 Å². The number of aliphatic hydroxyl groups is 1. The first kappa shape index (κ1) is 23.7. The predicted molar refractivity (Wildman–Crippen MR) is 139 cm³/mol. The maximum Gasteiger partial charge on any atom is 0.229 e. The number of anilines is 4. The molecule has 1 saturated heterocycles. The summed E-state index contributed by atoms with van der Waals surface area (Å²) in [6.45, 7) is 5.67. The maximum atomic E-state index is 9.40. The van der Waals surface area contributed by atoms with Gasteiger partial charge < -0.3 is 21.1 Å². The number of piperazine rings is 1. The molecule has 1 atom stereocenters. The monoisotopic (exact) mass is 483 g/mol. The first-order valence-electron chi connectivity index (χ1n) is 11.9. The highest BCUT2D eigenvalue weighted by molar-refractivity contribution is 5.59. The van der Waals surface area contributed by atoms with Crippen LogP contribution in [0.4, 0.5) is 23.3 Å². The molecule has 3 aromatic heterocycles. The average Bonchev–Trinajstić information content (AvgIpc) is 2.90. The second-order valence-electron chi connectivity index (χ2n) is 8.71. The fourth-order valence-corrected chi connectivity index (χ4v) is 4.08. The molecule has 1 fully saturated rings. The SMILES string of the molecule is Cc1cccc(-c2nccc(Nc3ccnc(Nc4ccc(CN5CCN[C@@H](CO)C5)cc4)n3)n2)n1. The molecular formula is C26H29N9O. The smallest absolute Gasteiger partial charge is 0.229 e. The molecule has 0 amide bonds. The topological polar surface area (TPSA) is 124 Å². The van der Waals surface area contributed by atoms with E-state index in [4.69, 9.17) is 0 Å².